The molecule has 0 unspecified atom stereocenters. The van der Waals surface area contributed by atoms with Gasteiger partial charge >= 0.3 is 0 Å². The lowest BCUT2D eigenvalue weighted by Crippen LogP contribution is -2.24. The molecule has 0 fully saturated rings. The van der Waals surface area contributed by atoms with Crippen LogP contribution in [-0.2, 0) is 13.0 Å². The van der Waals surface area contributed by atoms with Crippen molar-refractivity contribution >= 4 is 28.5 Å². The van der Waals surface area contributed by atoms with Crippen molar-refractivity contribution in [1.29, 1.82) is 0 Å². The maximum atomic E-state index is 12.3. The zero-order valence-corrected chi connectivity index (χ0v) is 21.6. The minimum absolute atomic E-state index is 0.117. The van der Waals surface area contributed by atoms with Crippen LogP contribution >= 0.6 is 11.6 Å². The molecule has 0 atom stereocenters. The number of halogens is 1. The number of nitrogens with zero attached hydrogens (tertiary/aromatic N) is 2. The summed E-state index contributed by atoms with van der Waals surface area (Å²) in [5.41, 5.74) is 4.01. The van der Waals surface area contributed by atoms with Crippen LogP contribution in [0.4, 0.5) is 0 Å². The van der Waals surface area contributed by atoms with Gasteiger partial charge in [-0.2, -0.15) is 0 Å². The molecule has 6 heteroatoms. The van der Waals surface area contributed by atoms with Crippen molar-refractivity contribution in [3.05, 3.63) is 94.8 Å². The van der Waals surface area contributed by atoms with Crippen LogP contribution in [0, 0.1) is 6.92 Å². The van der Waals surface area contributed by atoms with Gasteiger partial charge in [0.1, 0.15) is 11.6 Å². The molecular formula is C30H34ClN3O2. The summed E-state index contributed by atoms with van der Waals surface area (Å²) in [5, 5.41) is 3.45. The lowest BCUT2D eigenvalue weighted by molar-refractivity contribution is 0.0953. The van der Waals surface area contributed by atoms with Gasteiger partial charge in [-0.05, 0) is 69.0 Å². The number of ether oxygens (including phenoxy) is 1. The van der Waals surface area contributed by atoms with Crippen LogP contribution in [0.3, 0.4) is 0 Å². The number of nitrogens with one attached hydrogen (secondary N) is 1. The highest BCUT2D eigenvalue weighted by atomic mass is 35.5. The summed E-state index contributed by atoms with van der Waals surface area (Å²) in [6.45, 7) is 4.37. The average molecular weight is 504 g/mol. The molecule has 0 spiro atoms. The highest BCUT2D eigenvalue weighted by Gasteiger charge is 2.11. The van der Waals surface area contributed by atoms with E-state index >= 15 is 0 Å². The molecule has 1 N–H and O–H groups in total. The Morgan fingerprint density at radius 1 is 0.917 bits per heavy atom. The Labute approximate surface area is 218 Å². The zero-order chi connectivity index (χ0) is 25.2. The molecular weight excluding hydrogens is 470 g/mol. The van der Waals surface area contributed by atoms with E-state index in [0.717, 1.165) is 62.2 Å². The van der Waals surface area contributed by atoms with E-state index in [-0.39, 0.29) is 5.91 Å². The van der Waals surface area contributed by atoms with E-state index in [9.17, 15) is 4.79 Å². The van der Waals surface area contributed by atoms with Crippen molar-refractivity contribution in [3.63, 3.8) is 0 Å². The first-order valence-corrected chi connectivity index (χ1v) is 13.2. The third kappa shape index (κ3) is 7.11. The first-order valence-electron chi connectivity index (χ1n) is 12.8. The number of aryl methyl sites for hydroxylation is 3. The highest BCUT2D eigenvalue weighted by molar-refractivity contribution is 6.33. The summed E-state index contributed by atoms with van der Waals surface area (Å²) in [6, 6.07) is 23.7. The number of imidazole rings is 1. The molecule has 0 aliphatic carbocycles. The fourth-order valence-electron chi connectivity index (χ4n) is 4.29. The first-order chi connectivity index (χ1) is 17.6. The van der Waals surface area contributed by atoms with Gasteiger partial charge in [0.25, 0.3) is 5.91 Å². The van der Waals surface area contributed by atoms with Gasteiger partial charge in [0.05, 0.1) is 28.2 Å². The number of unbranched alkanes of at least 4 members (excludes halogenated alkanes) is 3. The summed E-state index contributed by atoms with van der Waals surface area (Å²) in [4.78, 5) is 17.2. The van der Waals surface area contributed by atoms with E-state index < -0.39 is 0 Å². The number of hydrogen-bond acceptors (Lipinski definition) is 3. The lowest BCUT2D eigenvalue weighted by Gasteiger charge is -2.11. The number of hydrogen-bond donors (Lipinski definition) is 1. The lowest BCUT2D eigenvalue weighted by atomic mass is 10.1. The summed E-state index contributed by atoms with van der Waals surface area (Å²) < 4.78 is 8.25. The van der Waals surface area contributed by atoms with E-state index in [2.05, 4.69) is 47.1 Å². The largest absolute Gasteiger partial charge is 0.494 e. The number of carbonyl (C=O) groups excluding carboxylic acids is 1. The summed E-state index contributed by atoms with van der Waals surface area (Å²) >= 11 is 6.11. The van der Waals surface area contributed by atoms with Crippen molar-refractivity contribution in [1.82, 2.24) is 14.9 Å². The molecule has 4 rings (SSSR count). The van der Waals surface area contributed by atoms with Crippen molar-refractivity contribution in [2.75, 3.05) is 13.2 Å². The molecule has 0 radical (unpaired) electrons. The van der Waals surface area contributed by atoms with Crippen LogP contribution < -0.4 is 10.1 Å². The molecule has 0 aliphatic heterocycles. The second-order valence-corrected chi connectivity index (χ2v) is 9.49. The second-order valence-electron chi connectivity index (χ2n) is 9.08. The molecule has 1 amide bonds. The SMILES string of the molecule is Cc1ccc(OCCCCn2c(CCCCCNC(=O)c3ccccc3Cl)nc3ccccc32)cc1. The molecule has 188 valence electrons. The Bertz CT molecular complexity index is 1270. The average Bonchev–Trinajstić information content (AvgIpc) is 3.24. The normalized spacial score (nSPS) is 11.1. The van der Waals surface area contributed by atoms with Crippen molar-refractivity contribution in [2.45, 2.75) is 52.0 Å². The van der Waals surface area contributed by atoms with Gasteiger partial charge in [-0.1, -0.05) is 60.0 Å². The van der Waals surface area contributed by atoms with E-state index in [0.29, 0.717) is 23.7 Å². The standard InChI is InChI=1S/C30H34ClN3O2/c1-23-16-18-24(19-17-23)36-22-10-9-21-34-28-14-7-6-13-27(28)33-29(34)15-3-2-8-20-32-30(35)25-11-4-5-12-26(25)31/h4-7,11-14,16-19H,2-3,8-10,15,20-22H2,1H3,(H,32,35). The van der Waals surface area contributed by atoms with Gasteiger partial charge in [-0.25, -0.2) is 4.98 Å². The van der Waals surface area contributed by atoms with Crippen LogP contribution in [0.2, 0.25) is 5.02 Å². The number of aromatic nitrogens is 2. The number of carbonyl (C=O) groups is 1. The van der Waals surface area contributed by atoms with E-state index in [1.165, 1.54) is 11.1 Å². The van der Waals surface area contributed by atoms with E-state index in [1.807, 2.05) is 30.3 Å². The summed E-state index contributed by atoms with van der Waals surface area (Å²) in [7, 11) is 0. The van der Waals surface area contributed by atoms with E-state index in [4.69, 9.17) is 21.3 Å². The van der Waals surface area contributed by atoms with Crippen molar-refractivity contribution in [2.24, 2.45) is 0 Å². The summed E-state index contributed by atoms with van der Waals surface area (Å²) in [6.07, 6.45) is 5.93. The Kier molecular flexibility index (Phi) is 9.40. The van der Waals surface area contributed by atoms with Gasteiger partial charge < -0.3 is 14.6 Å². The zero-order valence-electron chi connectivity index (χ0n) is 20.9. The van der Waals surface area contributed by atoms with Crippen molar-refractivity contribution < 1.29 is 9.53 Å². The predicted octanol–water partition coefficient (Wildman–Crippen LogP) is 7.00. The minimum atomic E-state index is -0.117. The fraction of sp³-hybridized carbons (Fsp3) is 0.333. The molecule has 0 aliphatic rings. The topological polar surface area (TPSA) is 56.1 Å². The quantitative estimate of drug-likeness (QED) is 0.200. The third-order valence-corrected chi connectivity index (χ3v) is 6.61. The smallest absolute Gasteiger partial charge is 0.252 e. The first kappa shape index (κ1) is 25.8. The van der Waals surface area contributed by atoms with Gasteiger partial charge in [-0.3, -0.25) is 4.79 Å². The number of amides is 1. The van der Waals surface area contributed by atoms with Crippen LogP contribution in [0.25, 0.3) is 11.0 Å². The maximum Gasteiger partial charge on any atom is 0.252 e. The van der Waals surface area contributed by atoms with Crippen LogP contribution in [-0.4, -0.2) is 28.6 Å². The Balaban J connectivity index is 1.22. The number of benzene rings is 3. The molecule has 5 nitrogen and oxygen atoms in total. The minimum Gasteiger partial charge on any atom is -0.494 e. The fourth-order valence-corrected chi connectivity index (χ4v) is 4.51. The van der Waals surface area contributed by atoms with Gasteiger partial charge in [0.2, 0.25) is 0 Å². The van der Waals surface area contributed by atoms with Crippen LogP contribution in [0.5, 0.6) is 5.75 Å². The monoisotopic (exact) mass is 503 g/mol. The molecule has 1 heterocycles. The second kappa shape index (κ2) is 13.1. The van der Waals surface area contributed by atoms with Crippen molar-refractivity contribution in [3.8, 4) is 5.75 Å². The Hall–Kier alpha value is -3.31. The Morgan fingerprint density at radius 2 is 1.69 bits per heavy atom. The third-order valence-electron chi connectivity index (χ3n) is 6.28. The molecule has 36 heavy (non-hydrogen) atoms. The van der Waals surface area contributed by atoms with E-state index in [1.54, 1.807) is 12.1 Å². The van der Waals surface area contributed by atoms with Gasteiger partial charge in [0, 0.05) is 19.5 Å². The molecule has 4 aromatic rings. The highest BCUT2D eigenvalue weighted by Crippen LogP contribution is 2.19. The van der Waals surface area contributed by atoms with Crippen LogP contribution in [0.15, 0.2) is 72.8 Å². The number of rotatable bonds is 13. The van der Waals surface area contributed by atoms with Gasteiger partial charge in [-0.15, -0.1) is 0 Å². The molecule has 1 aromatic heterocycles. The van der Waals surface area contributed by atoms with Gasteiger partial charge in [0.15, 0.2) is 0 Å². The Morgan fingerprint density at radius 3 is 2.53 bits per heavy atom. The predicted molar refractivity (Wildman–Crippen MR) is 147 cm³/mol. The number of fused-ring (bicyclic) bond motifs is 1. The number of para-hydroxylation sites is 2. The molecule has 0 saturated heterocycles. The summed E-state index contributed by atoms with van der Waals surface area (Å²) in [5.74, 6) is 1.95. The van der Waals surface area contributed by atoms with Crippen LogP contribution in [0.1, 0.15) is 53.8 Å². The molecule has 0 saturated carbocycles. The molecule has 3 aromatic carbocycles. The molecule has 0 bridgehead atoms. The maximum absolute atomic E-state index is 12.3.